The van der Waals surface area contributed by atoms with Crippen LogP contribution < -0.4 is 10.7 Å². The van der Waals surface area contributed by atoms with E-state index in [1.807, 2.05) is 62.4 Å². The van der Waals surface area contributed by atoms with Crippen molar-refractivity contribution in [3.05, 3.63) is 65.2 Å². The van der Waals surface area contributed by atoms with Gasteiger partial charge in [0.25, 0.3) is 0 Å². The van der Waals surface area contributed by atoms with Gasteiger partial charge in [-0.1, -0.05) is 47.5 Å². The summed E-state index contributed by atoms with van der Waals surface area (Å²) in [5.41, 5.74) is 6.42. The van der Waals surface area contributed by atoms with Crippen LogP contribution in [-0.4, -0.2) is 29.5 Å². The summed E-state index contributed by atoms with van der Waals surface area (Å²) in [6.07, 6.45) is 1.59. The number of nitrogens with zero attached hydrogens (tertiary/aromatic N) is 1. The van der Waals surface area contributed by atoms with Crippen LogP contribution in [0.3, 0.4) is 0 Å². The minimum absolute atomic E-state index is 0.134. The standard InChI is InChI=1S/C19H21N3O2S/c1-14-3-7-16(8-4-14)11-20-22-19(24)13-25-12-18(23)21-17-9-5-15(2)6-10-17/h3-11H,12-13H2,1-2H3,(H,21,23)(H,22,24)/b20-11+. The van der Waals surface area contributed by atoms with Gasteiger partial charge < -0.3 is 5.32 Å². The Morgan fingerprint density at radius 1 is 0.920 bits per heavy atom. The van der Waals surface area contributed by atoms with Gasteiger partial charge >= 0.3 is 0 Å². The van der Waals surface area contributed by atoms with Gasteiger partial charge in [0.2, 0.25) is 11.8 Å². The summed E-state index contributed by atoms with van der Waals surface area (Å²) < 4.78 is 0. The van der Waals surface area contributed by atoms with Gasteiger partial charge in [0.05, 0.1) is 17.7 Å². The van der Waals surface area contributed by atoms with E-state index >= 15 is 0 Å². The van der Waals surface area contributed by atoms with Gasteiger partial charge in [0.15, 0.2) is 0 Å². The molecular weight excluding hydrogens is 334 g/mol. The molecule has 2 rings (SSSR count). The van der Waals surface area contributed by atoms with Crippen molar-refractivity contribution in [2.45, 2.75) is 13.8 Å². The first kappa shape index (κ1) is 18.7. The monoisotopic (exact) mass is 355 g/mol. The molecule has 0 radical (unpaired) electrons. The number of amides is 2. The minimum Gasteiger partial charge on any atom is -0.325 e. The molecule has 5 nitrogen and oxygen atoms in total. The Hall–Kier alpha value is -2.60. The van der Waals surface area contributed by atoms with E-state index in [1.165, 1.54) is 17.3 Å². The first-order valence-electron chi connectivity index (χ1n) is 7.86. The Bertz CT molecular complexity index is 740. The third-order valence-corrected chi connectivity index (χ3v) is 4.21. The highest BCUT2D eigenvalue weighted by Crippen LogP contribution is 2.09. The van der Waals surface area contributed by atoms with Crippen LogP contribution in [0.2, 0.25) is 0 Å². The molecule has 0 aliphatic rings. The molecule has 6 heteroatoms. The number of nitrogens with one attached hydrogen (secondary N) is 2. The molecule has 0 bridgehead atoms. The van der Waals surface area contributed by atoms with Crippen molar-refractivity contribution in [3.63, 3.8) is 0 Å². The Morgan fingerprint density at radius 3 is 2.12 bits per heavy atom. The number of aryl methyl sites for hydroxylation is 2. The first-order valence-corrected chi connectivity index (χ1v) is 9.01. The maximum atomic E-state index is 11.8. The molecule has 0 spiro atoms. The second-order valence-electron chi connectivity index (χ2n) is 5.61. The fourth-order valence-electron chi connectivity index (χ4n) is 1.93. The number of carbonyl (C=O) groups excluding carboxylic acids is 2. The number of hydrogen-bond donors (Lipinski definition) is 2. The molecule has 2 N–H and O–H groups in total. The van der Waals surface area contributed by atoms with E-state index < -0.39 is 0 Å². The molecule has 2 amide bonds. The van der Waals surface area contributed by atoms with Crippen molar-refractivity contribution < 1.29 is 9.59 Å². The van der Waals surface area contributed by atoms with Crippen LogP contribution in [0, 0.1) is 13.8 Å². The van der Waals surface area contributed by atoms with Crippen LogP contribution in [0.1, 0.15) is 16.7 Å². The maximum Gasteiger partial charge on any atom is 0.250 e. The summed E-state index contributed by atoms with van der Waals surface area (Å²) >= 11 is 1.24. The van der Waals surface area contributed by atoms with E-state index in [-0.39, 0.29) is 23.3 Å². The molecule has 0 aliphatic carbocycles. The van der Waals surface area contributed by atoms with Gasteiger partial charge in [0.1, 0.15) is 0 Å². The van der Waals surface area contributed by atoms with Gasteiger partial charge in [-0.3, -0.25) is 9.59 Å². The first-order chi connectivity index (χ1) is 12.0. The van der Waals surface area contributed by atoms with Crippen molar-refractivity contribution in [1.29, 1.82) is 0 Å². The second-order valence-corrected chi connectivity index (χ2v) is 6.60. The lowest BCUT2D eigenvalue weighted by atomic mass is 10.2. The smallest absolute Gasteiger partial charge is 0.250 e. The zero-order valence-electron chi connectivity index (χ0n) is 14.3. The normalized spacial score (nSPS) is 10.6. The van der Waals surface area contributed by atoms with Crippen LogP contribution in [0.25, 0.3) is 0 Å². The molecule has 0 heterocycles. The maximum absolute atomic E-state index is 11.8. The molecule has 0 fully saturated rings. The van der Waals surface area contributed by atoms with E-state index in [4.69, 9.17) is 0 Å². The van der Waals surface area contributed by atoms with Crippen molar-refractivity contribution in [3.8, 4) is 0 Å². The van der Waals surface area contributed by atoms with Crippen molar-refractivity contribution in [2.24, 2.45) is 5.10 Å². The highest BCUT2D eigenvalue weighted by molar-refractivity contribution is 8.00. The number of thioether (sulfide) groups is 1. The molecule has 2 aromatic carbocycles. The van der Waals surface area contributed by atoms with Crippen molar-refractivity contribution in [1.82, 2.24) is 5.43 Å². The molecule has 0 unspecified atom stereocenters. The number of hydrazone groups is 1. The topological polar surface area (TPSA) is 70.6 Å². The molecule has 2 aromatic rings. The largest absolute Gasteiger partial charge is 0.325 e. The van der Waals surface area contributed by atoms with Gasteiger partial charge in [0, 0.05) is 5.69 Å². The number of carbonyl (C=O) groups is 2. The van der Waals surface area contributed by atoms with E-state index in [1.54, 1.807) is 6.21 Å². The highest BCUT2D eigenvalue weighted by Gasteiger charge is 2.05. The highest BCUT2D eigenvalue weighted by atomic mass is 32.2. The number of hydrogen-bond acceptors (Lipinski definition) is 4. The average molecular weight is 355 g/mol. The molecule has 130 valence electrons. The summed E-state index contributed by atoms with van der Waals surface area (Å²) in [5.74, 6) is 0.0107. The molecular formula is C19H21N3O2S. The van der Waals surface area contributed by atoms with Gasteiger partial charge in [-0.05, 0) is 31.5 Å². The predicted octanol–water partition coefficient (Wildman–Crippen LogP) is 3.13. The molecule has 0 atom stereocenters. The minimum atomic E-state index is -0.239. The number of anilines is 1. The summed E-state index contributed by atoms with van der Waals surface area (Å²) in [4.78, 5) is 23.5. The van der Waals surface area contributed by atoms with Crippen molar-refractivity contribution >= 4 is 35.5 Å². The lowest BCUT2D eigenvalue weighted by molar-refractivity contribution is -0.118. The van der Waals surface area contributed by atoms with Crippen LogP contribution in [-0.2, 0) is 9.59 Å². The summed E-state index contributed by atoms with van der Waals surface area (Å²) in [6, 6.07) is 15.4. The number of rotatable bonds is 7. The Balaban J connectivity index is 1.65. The Labute approximate surface area is 151 Å². The molecule has 0 aromatic heterocycles. The molecule has 25 heavy (non-hydrogen) atoms. The van der Waals surface area contributed by atoms with Crippen molar-refractivity contribution in [2.75, 3.05) is 16.8 Å². The second kappa shape index (κ2) is 9.64. The summed E-state index contributed by atoms with van der Waals surface area (Å²) in [5, 5.41) is 6.70. The summed E-state index contributed by atoms with van der Waals surface area (Å²) in [6.45, 7) is 4.00. The molecule has 0 saturated carbocycles. The van der Waals surface area contributed by atoms with Crippen LogP contribution in [0.4, 0.5) is 5.69 Å². The van der Waals surface area contributed by atoms with Crippen LogP contribution in [0.15, 0.2) is 53.6 Å². The Kier molecular flexibility index (Phi) is 7.22. The van der Waals surface area contributed by atoms with Crippen LogP contribution in [0.5, 0.6) is 0 Å². The van der Waals surface area contributed by atoms with E-state index in [0.29, 0.717) is 0 Å². The van der Waals surface area contributed by atoms with Gasteiger partial charge in [-0.2, -0.15) is 5.10 Å². The SMILES string of the molecule is Cc1ccc(/C=N/NC(=O)CSCC(=O)Nc2ccc(C)cc2)cc1. The lowest BCUT2D eigenvalue weighted by Gasteiger charge is -2.05. The van der Waals surface area contributed by atoms with Crippen LogP contribution >= 0.6 is 11.8 Å². The average Bonchev–Trinajstić information content (AvgIpc) is 2.59. The molecule has 0 aliphatic heterocycles. The third kappa shape index (κ3) is 7.22. The number of benzene rings is 2. The van der Waals surface area contributed by atoms with Gasteiger partial charge in [-0.15, -0.1) is 11.8 Å². The zero-order chi connectivity index (χ0) is 18.1. The van der Waals surface area contributed by atoms with E-state index in [9.17, 15) is 9.59 Å². The van der Waals surface area contributed by atoms with Gasteiger partial charge in [-0.25, -0.2) is 5.43 Å². The zero-order valence-corrected chi connectivity index (χ0v) is 15.1. The van der Waals surface area contributed by atoms with E-state index in [2.05, 4.69) is 15.8 Å². The quantitative estimate of drug-likeness (QED) is 0.592. The predicted molar refractivity (Wildman–Crippen MR) is 104 cm³/mol. The summed E-state index contributed by atoms with van der Waals surface area (Å²) in [7, 11) is 0. The fourth-order valence-corrected chi connectivity index (χ4v) is 2.54. The third-order valence-electron chi connectivity index (χ3n) is 3.28. The molecule has 0 saturated heterocycles. The fraction of sp³-hybridized carbons (Fsp3) is 0.211. The Morgan fingerprint density at radius 2 is 1.48 bits per heavy atom. The van der Waals surface area contributed by atoms with E-state index in [0.717, 1.165) is 16.8 Å². The lowest BCUT2D eigenvalue weighted by Crippen LogP contribution is -2.21.